The molecule has 1 fully saturated rings. The third-order valence-electron chi connectivity index (χ3n) is 4.40. The molecule has 26 heavy (non-hydrogen) atoms. The Morgan fingerprint density at radius 2 is 1.92 bits per heavy atom. The Morgan fingerprint density at radius 1 is 1.15 bits per heavy atom. The molecule has 7 heteroatoms. The summed E-state index contributed by atoms with van der Waals surface area (Å²) in [6.07, 6.45) is 1.26. The molecular formula is C19H19N3O3S. The summed E-state index contributed by atoms with van der Waals surface area (Å²) in [6, 6.07) is 16.9. The van der Waals surface area contributed by atoms with E-state index in [1.54, 1.807) is 54.6 Å². The molecule has 3 rings (SSSR count). The maximum atomic E-state index is 12.8. The minimum absolute atomic E-state index is 0.154. The van der Waals surface area contributed by atoms with Gasteiger partial charge in [0.2, 0.25) is 15.9 Å². The lowest BCUT2D eigenvalue weighted by Crippen LogP contribution is -2.43. The highest BCUT2D eigenvalue weighted by molar-refractivity contribution is 7.89. The van der Waals surface area contributed by atoms with Crippen molar-refractivity contribution in [3.05, 3.63) is 60.2 Å². The summed E-state index contributed by atoms with van der Waals surface area (Å²) >= 11 is 0. The van der Waals surface area contributed by atoms with Crippen LogP contribution >= 0.6 is 0 Å². The predicted octanol–water partition coefficient (Wildman–Crippen LogP) is 2.60. The number of nitriles is 1. The van der Waals surface area contributed by atoms with E-state index < -0.39 is 15.9 Å². The number of nitrogens with zero attached hydrogens (tertiary/aromatic N) is 2. The minimum atomic E-state index is -3.60. The molecule has 2 aromatic carbocycles. The van der Waals surface area contributed by atoms with E-state index in [0.29, 0.717) is 30.6 Å². The molecule has 1 amide bonds. The van der Waals surface area contributed by atoms with Crippen LogP contribution in [0.5, 0.6) is 0 Å². The van der Waals surface area contributed by atoms with E-state index in [-0.39, 0.29) is 17.3 Å². The van der Waals surface area contributed by atoms with Gasteiger partial charge in [-0.15, -0.1) is 0 Å². The number of hydrogen-bond donors (Lipinski definition) is 1. The Labute approximate surface area is 153 Å². The Morgan fingerprint density at radius 3 is 2.65 bits per heavy atom. The molecule has 6 nitrogen and oxygen atoms in total. The summed E-state index contributed by atoms with van der Waals surface area (Å²) in [6.45, 7) is 0.561. The van der Waals surface area contributed by atoms with Crippen molar-refractivity contribution in [3.8, 4) is 6.07 Å². The number of amides is 1. The van der Waals surface area contributed by atoms with E-state index in [0.717, 1.165) is 0 Å². The van der Waals surface area contributed by atoms with Crippen LogP contribution in [0.3, 0.4) is 0 Å². The average molecular weight is 369 g/mol. The molecule has 1 N–H and O–H groups in total. The standard InChI is InChI=1S/C19H19N3O3S/c20-13-15-6-4-8-17(12-15)21-19(23)16-7-5-11-22(14-16)26(24,25)18-9-2-1-3-10-18/h1-4,6,8-10,12,16H,5,7,11,14H2,(H,21,23)/t16-/m1/s1. The van der Waals surface area contributed by atoms with Gasteiger partial charge in [-0.2, -0.15) is 9.57 Å². The third-order valence-corrected chi connectivity index (χ3v) is 6.27. The van der Waals surface area contributed by atoms with Crippen molar-refractivity contribution < 1.29 is 13.2 Å². The number of benzene rings is 2. The van der Waals surface area contributed by atoms with Crippen molar-refractivity contribution in [2.45, 2.75) is 17.7 Å². The van der Waals surface area contributed by atoms with Gasteiger partial charge in [-0.1, -0.05) is 24.3 Å². The van der Waals surface area contributed by atoms with E-state index in [2.05, 4.69) is 5.32 Å². The van der Waals surface area contributed by atoms with Crippen LogP contribution in [0.2, 0.25) is 0 Å². The first kappa shape index (κ1) is 18.1. The molecule has 0 spiro atoms. The maximum Gasteiger partial charge on any atom is 0.243 e. The van der Waals surface area contributed by atoms with Gasteiger partial charge < -0.3 is 5.32 Å². The van der Waals surface area contributed by atoms with Crippen molar-refractivity contribution >= 4 is 21.6 Å². The summed E-state index contributed by atoms with van der Waals surface area (Å²) in [5.74, 6) is -0.652. The van der Waals surface area contributed by atoms with E-state index in [1.165, 1.54) is 4.31 Å². The molecule has 1 aliphatic rings. The number of anilines is 1. The molecular weight excluding hydrogens is 350 g/mol. The van der Waals surface area contributed by atoms with E-state index in [4.69, 9.17) is 5.26 Å². The number of nitrogens with one attached hydrogen (secondary N) is 1. The summed E-state index contributed by atoms with van der Waals surface area (Å²) in [4.78, 5) is 12.8. The first-order valence-electron chi connectivity index (χ1n) is 8.37. The van der Waals surface area contributed by atoms with Gasteiger partial charge in [0, 0.05) is 18.8 Å². The lowest BCUT2D eigenvalue weighted by atomic mass is 9.98. The number of rotatable bonds is 4. The second kappa shape index (κ2) is 7.68. The van der Waals surface area contributed by atoms with Crippen molar-refractivity contribution in [1.82, 2.24) is 4.31 Å². The van der Waals surface area contributed by atoms with Gasteiger partial charge in [0.25, 0.3) is 0 Å². The van der Waals surface area contributed by atoms with Crippen LogP contribution in [-0.4, -0.2) is 31.7 Å². The average Bonchev–Trinajstić information content (AvgIpc) is 2.69. The fraction of sp³-hybridized carbons (Fsp3) is 0.263. The third kappa shape index (κ3) is 3.93. The van der Waals surface area contributed by atoms with Crippen molar-refractivity contribution in [3.63, 3.8) is 0 Å². The molecule has 1 heterocycles. The molecule has 1 aliphatic heterocycles. The topological polar surface area (TPSA) is 90.3 Å². The number of piperidine rings is 1. The summed E-state index contributed by atoms with van der Waals surface area (Å²) in [7, 11) is -3.60. The first-order chi connectivity index (χ1) is 12.5. The maximum absolute atomic E-state index is 12.8. The number of carbonyl (C=O) groups is 1. The molecule has 0 aromatic heterocycles. The van der Waals surface area contributed by atoms with E-state index in [1.807, 2.05) is 6.07 Å². The predicted molar refractivity (Wildman–Crippen MR) is 97.7 cm³/mol. The van der Waals surface area contributed by atoms with E-state index >= 15 is 0 Å². The van der Waals surface area contributed by atoms with Gasteiger partial charge in [0.05, 0.1) is 22.4 Å². The van der Waals surface area contributed by atoms with Gasteiger partial charge in [0.15, 0.2) is 0 Å². The lowest BCUT2D eigenvalue weighted by Gasteiger charge is -2.31. The zero-order valence-electron chi connectivity index (χ0n) is 14.1. The van der Waals surface area contributed by atoms with Crippen LogP contribution in [0.1, 0.15) is 18.4 Å². The molecule has 0 aliphatic carbocycles. The Balaban J connectivity index is 1.72. The fourth-order valence-electron chi connectivity index (χ4n) is 3.03. The van der Waals surface area contributed by atoms with Crippen LogP contribution in [0.15, 0.2) is 59.5 Å². The van der Waals surface area contributed by atoms with Gasteiger partial charge in [-0.05, 0) is 43.2 Å². The van der Waals surface area contributed by atoms with Crippen molar-refractivity contribution in [1.29, 1.82) is 5.26 Å². The van der Waals surface area contributed by atoms with Crippen LogP contribution in [0, 0.1) is 17.2 Å². The minimum Gasteiger partial charge on any atom is -0.326 e. The summed E-state index contributed by atoms with van der Waals surface area (Å²) in [5.41, 5.74) is 0.997. The van der Waals surface area contributed by atoms with Gasteiger partial charge >= 0.3 is 0 Å². The van der Waals surface area contributed by atoms with Gasteiger partial charge in [-0.25, -0.2) is 8.42 Å². The van der Waals surface area contributed by atoms with Crippen molar-refractivity contribution in [2.75, 3.05) is 18.4 Å². The molecule has 1 atom stereocenters. The second-order valence-electron chi connectivity index (χ2n) is 6.20. The Bertz CT molecular complexity index is 936. The first-order valence-corrected chi connectivity index (χ1v) is 9.81. The zero-order valence-corrected chi connectivity index (χ0v) is 14.9. The number of sulfonamides is 1. The highest BCUT2D eigenvalue weighted by atomic mass is 32.2. The SMILES string of the molecule is N#Cc1cccc(NC(=O)[C@@H]2CCCN(S(=O)(=O)c3ccccc3)C2)c1. The summed E-state index contributed by atoms with van der Waals surface area (Å²) in [5, 5.41) is 11.7. The molecule has 134 valence electrons. The normalized spacial score (nSPS) is 18.0. The largest absolute Gasteiger partial charge is 0.326 e. The summed E-state index contributed by atoms with van der Waals surface area (Å²) < 4.78 is 26.9. The smallest absolute Gasteiger partial charge is 0.243 e. The molecule has 0 saturated carbocycles. The zero-order chi connectivity index (χ0) is 18.6. The Kier molecular flexibility index (Phi) is 5.35. The Hall–Kier alpha value is -2.69. The van der Waals surface area contributed by atoms with Crippen LogP contribution in [-0.2, 0) is 14.8 Å². The van der Waals surface area contributed by atoms with Crippen molar-refractivity contribution in [2.24, 2.45) is 5.92 Å². The van der Waals surface area contributed by atoms with Crippen LogP contribution in [0.25, 0.3) is 0 Å². The lowest BCUT2D eigenvalue weighted by molar-refractivity contribution is -0.120. The molecule has 1 saturated heterocycles. The highest BCUT2D eigenvalue weighted by Crippen LogP contribution is 2.24. The van der Waals surface area contributed by atoms with Gasteiger partial charge in [0.1, 0.15) is 0 Å². The molecule has 0 unspecified atom stereocenters. The molecule has 2 aromatic rings. The van der Waals surface area contributed by atoms with E-state index in [9.17, 15) is 13.2 Å². The molecule has 0 bridgehead atoms. The van der Waals surface area contributed by atoms with Gasteiger partial charge in [-0.3, -0.25) is 4.79 Å². The number of hydrogen-bond acceptors (Lipinski definition) is 4. The van der Waals surface area contributed by atoms with Crippen LogP contribution in [0.4, 0.5) is 5.69 Å². The van der Waals surface area contributed by atoms with Crippen LogP contribution < -0.4 is 5.32 Å². The number of carbonyl (C=O) groups excluding carboxylic acids is 1. The fourth-order valence-corrected chi connectivity index (χ4v) is 4.57. The monoisotopic (exact) mass is 369 g/mol. The second-order valence-corrected chi connectivity index (χ2v) is 8.14. The quantitative estimate of drug-likeness (QED) is 0.897. The highest BCUT2D eigenvalue weighted by Gasteiger charge is 2.33. The molecule has 0 radical (unpaired) electrons.